The van der Waals surface area contributed by atoms with Crippen molar-refractivity contribution in [3.8, 4) is 5.75 Å². The van der Waals surface area contributed by atoms with Crippen LogP contribution in [0.25, 0.3) is 0 Å². The van der Waals surface area contributed by atoms with Crippen LogP contribution in [0.4, 0.5) is 0 Å². The molecule has 0 spiro atoms. The average molecular weight is 273 g/mol. The molecule has 1 aliphatic rings. The summed E-state index contributed by atoms with van der Waals surface area (Å²) in [5.41, 5.74) is 1.23. The van der Waals surface area contributed by atoms with E-state index in [1.165, 1.54) is 31.2 Å². The van der Waals surface area contributed by atoms with Gasteiger partial charge in [0.1, 0.15) is 12.4 Å². The number of rotatable bonds is 7. The van der Waals surface area contributed by atoms with Crippen LogP contribution in [0.15, 0.2) is 36.9 Å². The molecule has 2 rings (SSSR count). The van der Waals surface area contributed by atoms with E-state index in [9.17, 15) is 0 Å². The number of hydrogen-bond donors (Lipinski definition) is 1. The van der Waals surface area contributed by atoms with Crippen molar-refractivity contribution in [3.05, 3.63) is 42.5 Å². The minimum atomic E-state index is 0.566. The molecule has 2 nitrogen and oxygen atoms in total. The van der Waals surface area contributed by atoms with Gasteiger partial charge in [-0.3, -0.25) is 0 Å². The van der Waals surface area contributed by atoms with Gasteiger partial charge < -0.3 is 10.1 Å². The molecule has 0 amide bonds. The van der Waals surface area contributed by atoms with Crippen LogP contribution >= 0.6 is 0 Å². The van der Waals surface area contributed by atoms with Gasteiger partial charge in [-0.05, 0) is 30.9 Å². The Balaban J connectivity index is 1.82. The molecule has 2 atom stereocenters. The second kappa shape index (κ2) is 8.11. The summed E-state index contributed by atoms with van der Waals surface area (Å²) in [6, 6.07) is 8.26. The summed E-state index contributed by atoms with van der Waals surface area (Å²) in [5.74, 6) is 2.67. The fraction of sp³-hybridized carbons (Fsp3) is 0.556. The van der Waals surface area contributed by atoms with Gasteiger partial charge in [0, 0.05) is 12.1 Å². The van der Waals surface area contributed by atoms with Gasteiger partial charge in [0.05, 0.1) is 0 Å². The maximum Gasteiger partial charge on any atom is 0.124 e. The van der Waals surface area contributed by atoms with Crippen LogP contribution in [-0.4, -0.2) is 13.2 Å². The summed E-state index contributed by atoms with van der Waals surface area (Å²) >= 11 is 0. The molecule has 1 aromatic rings. The third-order valence-electron chi connectivity index (χ3n) is 4.34. The standard InChI is InChI=1S/C18H27NO/c1-3-12-20-18-11-7-6-10-17(18)14-19-13-16-9-5-4-8-15(16)2/h3,6-7,10-11,15-16,19H,1,4-5,8-9,12-14H2,2H3. The van der Waals surface area contributed by atoms with Crippen molar-refractivity contribution in [3.63, 3.8) is 0 Å². The lowest BCUT2D eigenvalue weighted by molar-refractivity contribution is 0.247. The molecule has 20 heavy (non-hydrogen) atoms. The number of benzene rings is 1. The fourth-order valence-electron chi connectivity index (χ4n) is 3.03. The Hall–Kier alpha value is -1.28. The van der Waals surface area contributed by atoms with Crippen molar-refractivity contribution in [1.82, 2.24) is 5.32 Å². The van der Waals surface area contributed by atoms with Crippen LogP contribution in [-0.2, 0) is 6.54 Å². The molecule has 1 N–H and O–H groups in total. The maximum atomic E-state index is 5.69. The zero-order valence-electron chi connectivity index (χ0n) is 12.6. The third kappa shape index (κ3) is 4.38. The lowest BCUT2D eigenvalue weighted by Gasteiger charge is -2.29. The SMILES string of the molecule is C=CCOc1ccccc1CNCC1CCCCC1C. The monoisotopic (exact) mass is 273 g/mol. The second-order valence-electron chi connectivity index (χ2n) is 5.86. The summed E-state index contributed by atoms with van der Waals surface area (Å²) in [7, 11) is 0. The molecule has 0 heterocycles. The van der Waals surface area contributed by atoms with E-state index in [0.29, 0.717) is 6.61 Å². The van der Waals surface area contributed by atoms with Gasteiger partial charge in [0.15, 0.2) is 0 Å². The van der Waals surface area contributed by atoms with Gasteiger partial charge in [0.25, 0.3) is 0 Å². The molecule has 1 aliphatic carbocycles. The van der Waals surface area contributed by atoms with Crippen molar-refractivity contribution in [1.29, 1.82) is 0 Å². The predicted molar refractivity (Wildman–Crippen MR) is 85.0 cm³/mol. The van der Waals surface area contributed by atoms with E-state index in [0.717, 1.165) is 30.7 Å². The molecule has 0 saturated heterocycles. The van der Waals surface area contributed by atoms with Crippen LogP contribution in [0.2, 0.25) is 0 Å². The van der Waals surface area contributed by atoms with Crippen LogP contribution in [0.1, 0.15) is 38.2 Å². The van der Waals surface area contributed by atoms with Crippen molar-refractivity contribution in [2.75, 3.05) is 13.2 Å². The third-order valence-corrected chi connectivity index (χ3v) is 4.34. The number of hydrogen-bond acceptors (Lipinski definition) is 2. The van der Waals surface area contributed by atoms with E-state index in [-0.39, 0.29) is 0 Å². The first-order valence-corrected chi connectivity index (χ1v) is 7.83. The summed E-state index contributed by atoms with van der Waals surface area (Å²) < 4.78 is 5.69. The minimum absolute atomic E-state index is 0.566. The van der Waals surface area contributed by atoms with Gasteiger partial charge in [-0.2, -0.15) is 0 Å². The van der Waals surface area contributed by atoms with Crippen LogP contribution < -0.4 is 10.1 Å². The summed E-state index contributed by atoms with van der Waals surface area (Å²) in [6.07, 6.45) is 7.37. The Labute approximate surface area is 123 Å². The Morgan fingerprint density at radius 1 is 1.30 bits per heavy atom. The summed E-state index contributed by atoms with van der Waals surface area (Å²) in [6.45, 7) is 8.67. The molecular weight excluding hydrogens is 246 g/mol. The van der Waals surface area contributed by atoms with E-state index >= 15 is 0 Å². The number of ether oxygens (including phenoxy) is 1. The van der Waals surface area contributed by atoms with Gasteiger partial charge in [0.2, 0.25) is 0 Å². The highest BCUT2D eigenvalue weighted by Crippen LogP contribution is 2.29. The predicted octanol–water partition coefficient (Wildman–Crippen LogP) is 4.17. The first-order chi connectivity index (χ1) is 9.81. The number of para-hydroxylation sites is 1. The zero-order valence-corrected chi connectivity index (χ0v) is 12.6. The van der Waals surface area contributed by atoms with E-state index < -0.39 is 0 Å². The first kappa shape index (κ1) is 15.1. The summed E-state index contributed by atoms with van der Waals surface area (Å²) in [4.78, 5) is 0. The van der Waals surface area contributed by atoms with Gasteiger partial charge in [-0.1, -0.05) is 57.0 Å². The molecule has 0 bridgehead atoms. The van der Waals surface area contributed by atoms with Crippen molar-refractivity contribution in [2.45, 2.75) is 39.2 Å². The second-order valence-corrected chi connectivity index (χ2v) is 5.86. The highest BCUT2D eigenvalue weighted by atomic mass is 16.5. The van der Waals surface area contributed by atoms with E-state index in [1.807, 2.05) is 12.1 Å². The van der Waals surface area contributed by atoms with Crippen LogP contribution in [0.5, 0.6) is 5.75 Å². The van der Waals surface area contributed by atoms with Gasteiger partial charge in [-0.15, -0.1) is 0 Å². The highest BCUT2D eigenvalue weighted by Gasteiger charge is 2.20. The average Bonchev–Trinajstić information content (AvgIpc) is 2.48. The lowest BCUT2D eigenvalue weighted by Crippen LogP contribution is -2.29. The molecular formula is C18H27NO. The molecule has 1 fully saturated rings. The quantitative estimate of drug-likeness (QED) is 0.753. The molecule has 110 valence electrons. The van der Waals surface area contributed by atoms with Crippen molar-refractivity contribution in [2.24, 2.45) is 11.8 Å². The van der Waals surface area contributed by atoms with Crippen molar-refractivity contribution >= 4 is 0 Å². The molecule has 1 aromatic carbocycles. The molecule has 0 aromatic heterocycles. The molecule has 1 saturated carbocycles. The molecule has 0 radical (unpaired) electrons. The highest BCUT2D eigenvalue weighted by molar-refractivity contribution is 5.33. The van der Waals surface area contributed by atoms with E-state index in [1.54, 1.807) is 6.08 Å². The fourth-order valence-corrected chi connectivity index (χ4v) is 3.03. The smallest absolute Gasteiger partial charge is 0.124 e. The Bertz CT molecular complexity index is 416. The van der Waals surface area contributed by atoms with E-state index in [4.69, 9.17) is 4.74 Å². The first-order valence-electron chi connectivity index (χ1n) is 7.83. The lowest BCUT2D eigenvalue weighted by atomic mass is 9.80. The van der Waals surface area contributed by atoms with Gasteiger partial charge in [-0.25, -0.2) is 0 Å². The Morgan fingerprint density at radius 2 is 2.10 bits per heavy atom. The van der Waals surface area contributed by atoms with Gasteiger partial charge >= 0.3 is 0 Å². The topological polar surface area (TPSA) is 21.3 Å². The molecule has 0 aliphatic heterocycles. The Morgan fingerprint density at radius 3 is 2.90 bits per heavy atom. The van der Waals surface area contributed by atoms with Crippen LogP contribution in [0.3, 0.4) is 0 Å². The summed E-state index contributed by atoms with van der Waals surface area (Å²) in [5, 5.41) is 3.61. The Kier molecular flexibility index (Phi) is 6.13. The number of nitrogens with one attached hydrogen (secondary N) is 1. The zero-order chi connectivity index (χ0) is 14.2. The molecule has 2 unspecified atom stereocenters. The molecule has 2 heteroatoms. The van der Waals surface area contributed by atoms with E-state index in [2.05, 4.69) is 31.0 Å². The normalized spacial score (nSPS) is 22.4. The maximum absolute atomic E-state index is 5.69. The van der Waals surface area contributed by atoms with Crippen LogP contribution in [0, 0.1) is 11.8 Å². The largest absolute Gasteiger partial charge is 0.489 e. The van der Waals surface area contributed by atoms with Crippen molar-refractivity contribution < 1.29 is 4.74 Å². The minimum Gasteiger partial charge on any atom is -0.489 e.